The van der Waals surface area contributed by atoms with Crippen molar-refractivity contribution < 1.29 is 45.7 Å². The fourth-order valence-electron chi connectivity index (χ4n) is 6.13. The summed E-state index contributed by atoms with van der Waals surface area (Å²) in [6, 6.07) is 32.0. The number of aliphatic hydroxyl groups is 1. The molecule has 280 valence electrons. The second-order valence-electron chi connectivity index (χ2n) is 12.7. The van der Waals surface area contributed by atoms with Crippen LogP contribution in [-0.4, -0.2) is 35.7 Å². The van der Waals surface area contributed by atoms with Crippen LogP contribution in [0, 0.1) is 0 Å². The molecule has 0 spiro atoms. The number of carbonyl (C=O) groups is 1. The quantitative estimate of drug-likeness (QED) is 0.0972. The van der Waals surface area contributed by atoms with Crippen LogP contribution in [0.5, 0.6) is 5.75 Å². The van der Waals surface area contributed by atoms with Crippen LogP contribution < -0.4 is 10.1 Å². The lowest BCUT2D eigenvalue weighted by atomic mass is 9.81. The van der Waals surface area contributed by atoms with E-state index in [0.29, 0.717) is 47.6 Å². The lowest BCUT2D eigenvalue weighted by molar-refractivity contribution is -0.143. The maximum Gasteiger partial charge on any atom is 0.416 e. The molecule has 0 fully saturated rings. The number of alkyl halides is 6. The zero-order chi connectivity index (χ0) is 38.5. The van der Waals surface area contributed by atoms with Gasteiger partial charge in [0.1, 0.15) is 5.75 Å². The van der Waals surface area contributed by atoms with Crippen LogP contribution in [-0.2, 0) is 34.8 Å². The Kier molecular flexibility index (Phi) is 11.5. The van der Waals surface area contributed by atoms with Crippen molar-refractivity contribution >= 4 is 27.7 Å². The molecule has 1 aliphatic heterocycles. The Hall–Kier alpha value is -5.14. The number of benzene rings is 5. The van der Waals surface area contributed by atoms with Gasteiger partial charge in [0.05, 0.1) is 17.7 Å². The number of aliphatic hydroxyl groups excluding tert-OH is 1. The fourth-order valence-corrected chi connectivity index (χ4v) is 6.40. The Bertz CT molecular complexity index is 2060. The van der Waals surface area contributed by atoms with Crippen molar-refractivity contribution in [1.82, 2.24) is 5.32 Å². The van der Waals surface area contributed by atoms with Crippen LogP contribution in [0.1, 0.15) is 45.9 Å². The smallest absolute Gasteiger partial charge is 0.416 e. The van der Waals surface area contributed by atoms with Gasteiger partial charge in [-0.05, 0) is 82.4 Å². The lowest BCUT2D eigenvalue weighted by Gasteiger charge is -2.31. The standard InChI is InChI=1S/C41H33BrF6N2O4/c42-34-15-7-26(8-16-34)24-39(38(52)49-25-27-21-32(40(43,44)45)23-33(22-27)41(46,47)48)36(30-11-9-29(10-12-30)28-5-2-1-3-6-28)54-37(50-39)31-13-17-35(18-14-31)53-20-4-19-51/h1-3,5-18,21-23,36,51H,4,19-20,24-25H2,(H,49,52)/t36-,39-/m1/s1. The van der Waals surface area contributed by atoms with Crippen molar-refractivity contribution in [3.8, 4) is 16.9 Å². The number of hydrogen-bond acceptors (Lipinski definition) is 5. The van der Waals surface area contributed by atoms with Crippen LogP contribution in [0.4, 0.5) is 26.3 Å². The van der Waals surface area contributed by atoms with Gasteiger partial charge in [0, 0.05) is 36.0 Å². The van der Waals surface area contributed by atoms with E-state index < -0.39 is 53.1 Å². The molecule has 0 aliphatic carbocycles. The predicted octanol–water partition coefficient (Wildman–Crippen LogP) is 9.73. The molecule has 2 N–H and O–H groups in total. The molecule has 0 bridgehead atoms. The maximum atomic E-state index is 14.6. The number of halogens is 7. The van der Waals surface area contributed by atoms with Crippen LogP contribution in [0.25, 0.3) is 11.1 Å². The Balaban J connectivity index is 1.42. The van der Waals surface area contributed by atoms with E-state index >= 15 is 0 Å². The largest absolute Gasteiger partial charge is 0.494 e. The van der Waals surface area contributed by atoms with E-state index in [2.05, 4.69) is 21.2 Å². The Labute approximate surface area is 315 Å². The number of amides is 1. The van der Waals surface area contributed by atoms with Gasteiger partial charge in [-0.25, -0.2) is 4.99 Å². The normalized spacial score (nSPS) is 17.1. The second kappa shape index (κ2) is 16.1. The molecule has 1 aliphatic rings. The van der Waals surface area contributed by atoms with E-state index in [1.54, 1.807) is 60.7 Å². The van der Waals surface area contributed by atoms with Crippen LogP contribution >= 0.6 is 15.9 Å². The SMILES string of the molecule is O=C(NCc1cc(C(F)(F)F)cc(C(F)(F)F)c1)[C@]1(Cc2ccc(Br)cc2)N=C(c2ccc(OCCCO)cc2)O[C@@H]1c1ccc(-c2ccccc2)cc1. The zero-order valence-electron chi connectivity index (χ0n) is 28.4. The molecule has 0 unspecified atom stereocenters. The van der Waals surface area contributed by atoms with Gasteiger partial charge >= 0.3 is 12.4 Å². The summed E-state index contributed by atoms with van der Waals surface area (Å²) in [5, 5.41) is 11.7. The molecule has 0 saturated heterocycles. The summed E-state index contributed by atoms with van der Waals surface area (Å²) in [4.78, 5) is 19.5. The second-order valence-corrected chi connectivity index (χ2v) is 13.6. The molecule has 0 radical (unpaired) electrons. The predicted molar refractivity (Wildman–Crippen MR) is 195 cm³/mol. The summed E-state index contributed by atoms with van der Waals surface area (Å²) >= 11 is 3.42. The highest BCUT2D eigenvalue weighted by Gasteiger charge is 2.53. The molecule has 1 heterocycles. The first-order valence-electron chi connectivity index (χ1n) is 16.8. The van der Waals surface area contributed by atoms with Crippen molar-refractivity contribution in [3.05, 3.63) is 159 Å². The molecule has 5 aromatic rings. The summed E-state index contributed by atoms with van der Waals surface area (Å²) in [5.41, 5.74) is -1.59. The van der Waals surface area contributed by atoms with Crippen molar-refractivity contribution in [3.63, 3.8) is 0 Å². The minimum atomic E-state index is -5.06. The highest BCUT2D eigenvalue weighted by atomic mass is 79.9. The third-order valence-electron chi connectivity index (χ3n) is 8.84. The number of aliphatic imine (C=N–C) groups is 1. The molecule has 54 heavy (non-hydrogen) atoms. The number of rotatable bonds is 12. The molecule has 6 nitrogen and oxygen atoms in total. The van der Waals surface area contributed by atoms with E-state index in [4.69, 9.17) is 19.6 Å². The molecular weight excluding hydrogens is 778 g/mol. The molecule has 0 aromatic heterocycles. The molecule has 2 atom stereocenters. The molecule has 0 saturated carbocycles. The van der Waals surface area contributed by atoms with E-state index in [1.807, 2.05) is 42.5 Å². The minimum absolute atomic E-state index is 0.0315. The van der Waals surface area contributed by atoms with Crippen molar-refractivity contribution in [1.29, 1.82) is 0 Å². The van der Waals surface area contributed by atoms with Crippen LogP contribution in [0.15, 0.2) is 131 Å². The van der Waals surface area contributed by atoms with Crippen LogP contribution in [0.3, 0.4) is 0 Å². The summed E-state index contributed by atoms with van der Waals surface area (Å²) in [5.74, 6) is -0.149. The topological polar surface area (TPSA) is 80.2 Å². The van der Waals surface area contributed by atoms with Crippen molar-refractivity contribution in [2.45, 2.75) is 43.4 Å². The average Bonchev–Trinajstić information content (AvgIpc) is 3.55. The van der Waals surface area contributed by atoms with E-state index in [-0.39, 0.29) is 25.0 Å². The van der Waals surface area contributed by atoms with Gasteiger partial charge in [0.25, 0.3) is 5.91 Å². The van der Waals surface area contributed by atoms with Gasteiger partial charge in [-0.1, -0.05) is 82.7 Å². The minimum Gasteiger partial charge on any atom is -0.494 e. The monoisotopic (exact) mass is 810 g/mol. The molecule has 1 amide bonds. The van der Waals surface area contributed by atoms with Gasteiger partial charge in [-0.3, -0.25) is 4.79 Å². The first-order chi connectivity index (χ1) is 25.7. The average molecular weight is 812 g/mol. The first kappa shape index (κ1) is 38.6. The van der Waals surface area contributed by atoms with Crippen molar-refractivity contribution in [2.75, 3.05) is 13.2 Å². The summed E-state index contributed by atoms with van der Waals surface area (Å²) in [6.07, 6.45) is -10.8. The summed E-state index contributed by atoms with van der Waals surface area (Å²) in [7, 11) is 0. The first-order valence-corrected chi connectivity index (χ1v) is 17.6. The number of hydrogen-bond donors (Lipinski definition) is 2. The Morgan fingerprint density at radius 1 is 0.778 bits per heavy atom. The molecule has 13 heteroatoms. The molecule has 5 aromatic carbocycles. The van der Waals surface area contributed by atoms with E-state index in [0.717, 1.165) is 15.6 Å². The van der Waals surface area contributed by atoms with Gasteiger partial charge in [0.2, 0.25) is 5.90 Å². The van der Waals surface area contributed by atoms with Crippen LogP contribution in [0.2, 0.25) is 0 Å². The third kappa shape index (κ3) is 8.96. The Morgan fingerprint density at radius 3 is 1.96 bits per heavy atom. The molecular formula is C41H33BrF6N2O4. The highest BCUT2D eigenvalue weighted by Crippen LogP contribution is 2.43. The Morgan fingerprint density at radius 2 is 1.37 bits per heavy atom. The number of carbonyl (C=O) groups excluding carboxylic acids is 1. The van der Waals surface area contributed by atoms with Gasteiger partial charge in [-0.15, -0.1) is 0 Å². The number of nitrogens with one attached hydrogen (secondary N) is 1. The maximum absolute atomic E-state index is 14.6. The van der Waals surface area contributed by atoms with Crippen molar-refractivity contribution in [2.24, 2.45) is 4.99 Å². The molecule has 6 rings (SSSR count). The lowest BCUT2D eigenvalue weighted by Crippen LogP contribution is -2.49. The number of ether oxygens (including phenoxy) is 2. The third-order valence-corrected chi connectivity index (χ3v) is 9.37. The summed E-state index contributed by atoms with van der Waals surface area (Å²) in [6.45, 7) is -0.393. The summed E-state index contributed by atoms with van der Waals surface area (Å²) < 4.78 is 95.1. The van der Waals surface area contributed by atoms with E-state index in [1.165, 1.54) is 0 Å². The van der Waals surface area contributed by atoms with Gasteiger partial charge in [0.15, 0.2) is 11.6 Å². The zero-order valence-corrected chi connectivity index (χ0v) is 30.0. The van der Waals surface area contributed by atoms with Gasteiger partial charge in [-0.2, -0.15) is 26.3 Å². The van der Waals surface area contributed by atoms with E-state index in [9.17, 15) is 31.1 Å². The number of nitrogens with zero attached hydrogens (tertiary/aromatic N) is 1. The fraction of sp³-hybridized carbons (Fsp3) is 0.220. The highest BCUT2D eigenvalue weighted by molar-refractivity contribution is 9.10. The van der Waals surface area contributed by atoms with Gasteiger partial charge < -0.3 is 19.9 Å².